The summed E-state index contributed by atoms with van der Waals surface area (Å²) < 4.78 is 18.6. The largest absolute Gasteiger partial charge is 0.456 e. The minimum atomic E-state index is -0.561. The van der Waals surface area contributed by atoms with Gasteiger partial charge in [0.1, 0.15) is 12.4 Å². The van der Waals surface area contributed by atoms with Crippen molar-refractivity contribution in [3.05, 3.63) is 102 Å². The van der Waals surface area contributed by atoms with Gasteiger partial charge < -0.3 is 10.1 Å². The highest BCUT2D eigenvalue weighted by molar-refractivity contribution is 5.95. The van der Waals surface area contributed by atoms with E-state index in [4.69, 9.17) is 4.74 Å². The number of benzene rings is 3. The fourth-order valence-electron chi connectivity index (χ4n) is 2.85. The molecule has 29 heavy (non-hydrogen) atoms. The third kappa shape index (κ3) is 4.55. The highest BCUT2D eigenvalue weighted by Crippen LogP contribution is 2.19. The maximum Gasteiger partial charge on any atom is 0.361 e. The molecule has 0 saturated heterocycles. The number of nitrogens with one attached hydrogen (secondary N) is 1. The Bertz CT molecular complexity index is 1130. The van der Waals surface area contributed by atoms with Gasteiger partial charge in [-0.05, 0) is 35.4 Å². The first-order valence-corrected chi connectivity index (χ1v) is 9.15. The van der Waals surface area contributed by atoms with Crippen molar-refractivity contribution in [3.8, 4) is 0 Å². The van der Waals surface area contributed by atoms with Crippen LogP contribution in [0.5, 0.6) is 0 Å². The van der Waals surface area contributed by atoms with Gasteiger partial charge in [0.15, 0.2) is 11.5 Å². The van der Waals surface area contributed by atoms with E-state index in [9.17, 15) is 9.18 Å². The molecule has 1 aromatic heterocycles. The van der Waals surface area contributed by atoms with Gasteiger partial charge in [0.25, 0.3) is 0 Å². The zero-order valence-electron chi connectivity index (χ0n) is 15.5. The number of carbonyl (C=O) groups excluding carboxylic acids is 1. The molecule has 0 unspecified atom stereocenters. The average Bonchev–Trinajstić information content (AvgIpc) is 2.77. The maximum atomic E-state index is 13.1. The van der Waals surface area contributed by atoms with Crippen LogP contribution in [0.25, 0.3) is 11.0 Å². The van der Waals surface area contributed by atoms with Crippen molar-refractivity contribution in [2.45, 2.75) is 13.2 Å². The number of esters is 1. The van der Waals surface area contributed by atoms with Gasteiger partial charge in [-0.1, -0.05) is 54.6 Å². The lowest BCUT2D eigenvalue weighted by Crippen LogP contribution is -2.14. The monoisotopic (exact) mass is 387 g/mol. The van der Waals surface area contributed by atoms with Crippen molar-refractivity contribution in [1.29, 1.82) is 0 Å². The van der Waals surface area contributed by atoms with Crippen molar-refractivity contribution in [2.75, 3.05) is 5.32 Å². The summed E-state index contributed by atoms with van der Waals surface area (Å²) in [5.41, 5.74) is 3.11. The molecule has 0 amide bonds. The smallest absolute Gasteiger partial charge is 0.361 e. The van der Waals surface area contributed by atoms with Gasteiger partial charge in [-0.25, -0.2) is 19.2 Å². The van der Waals surface area contributed by atoms with Gasteiger partial charge in [-0.15, -0.1) is 0 Å². The molecule has 0 fully saturated rings. The molecular weight excluding hydrogens is 369 g/mol. The summed E-state index contributed by atoms with van der Waals surface area (Å²) in [5, 5.41) is 3.12. The Morgan fingerprint density at radius 1 is 0.828 bits per heavy atom. The Hall–Kier alpha value is -3.80. The molecule has 0 aliphatic heterocycles. The number of anilines is 1. The van der Waals surface area contributed by atoms with Crippen LogP contribution in [0.15, 0.2) is 78.9 Å². The Morgan fingerprint density at radius 2 is 1.48 bits per heavy atom. The van der Waals surface area contributed by atoms with Crippen molar-refractivity contribution < 1.29 is 13.9 Å². The number of carbonyl (C=O) groups is 1. The van der Waals surface area contributed by atoms with Crippen molar-refractivity contribution in [2.24, 2.45) is 0 Å². The molecule has 144 valence electrons. The molecule has 1 heterocycles. The number of nitrogens with zero attached hydrogens (tertiary/aromatic N) is 2. The zero-order valence-corrected chi connectivity index (χ0v) is 15.5. The van der Waals surface area contributed by atoms with Crippen molar-refractivity contribution in [1.82, 2.24) is 9.97 Å². The van der Waals surface area contributed by atoms with E-state index in [1.165, 1.54) is 12.1 Å². The minimum absolute atomic E-state index is 0.113. The van der Waals surface area contributed by atoms with E-state index in [-0.39, 0.29) is 18.1 Å². The van der Waals surface area contributed by atoms with E-state index < -0.39 is 5.97 Å². The van der Waals surface area contributed by atoms with E-state index in [0.29, 0.717) is 23.4 Å². The molecule has 0 radical (unpaired) electrons. The topological polar surface area (TPSA) is 64.1 Å². The van der Waals surface area contributed by atoms with Gasteiger partial charge in [-0.2, -0.15) is 0 Å². The van der Waals surface area contributed by atoms with E-state index in [1.807, 2.05) is 48.5 Å². The second-order valence-electron chi connectivity index (χ2n) is 6.45. The van der Waals surface area contributed by atoms with Crippen LogP contribution in [0.2, 0.25) is 0 Å². The Kier molecular flexibility index (Phi) is 5.42. The number of para-hydroxylation sites is 2. The Morgan fingerprint density at radius 3 is 2.21 bits per heavy atom. The van der Waals surface area contributed by atoms with Crippen LogP contribution in [0.3, 0.4) is 0 Å². The molecular formula is C23H18FN3O2. The summed E-state index contributed by atoms with van der Waals surface area (Å²) >= 11 is 0. The molecule has 0 spiro atoms. The van der Waals surface area contributed by atoms with Crippen LogP contribution in [-0.4, -0.2) is 15.9 Å². The summed E-state index contributed by atoms with van der Waals surface area (Å²) in [7, 11) is 0. The predicted molar refractivity (Wildman–Crippen MR) is 109 cm³/mol. The van der Waals surface area contributed by atoms with E-state index in [1.54, 1.807) is 18.2 Å². The molecule has 0 aliphatic rings. The third-order valence-corrected chi connectivity index (χ3v) is 4.35. The number of hydrogen-bond acceptors (Lipinski definition) is 5. The molecule has 5 nitrogen and oxygen atoms in total. The maximum absolute atomic E-state index is 13.1. The van der Waals surface area contributed by atoms with Crippen LogP contribution in [0, 0.1) is 5.82 Å². The molecule has 6 heteroatoms. The van der Waals surface area contributed by atoms with Crippen LogP contribution in [0.1, 0.15) is 21.6 Å². The average molecular weight is 387 g/mol. The summed E-state index contributed by atoms with van der Waals surface area (Å²) in [6, 6.07) is 22.9. The van der Waals surface area contributed by atoms with Crippen LogP contribution in [-0.2, 0) is 17.9 Å². The lowest BCUT2D eigenvalue weighted by molar-refractivity contribution is 0.0467. The number of ether oxygens (including phenoxy) is 1. The first-order chi connectivity index (χ1) is 14.2. The van der Waals surface area contributed by atoms with Gasteiger partial charge >= 0.3 is 5.97 Å². The molecule has 4 aromatic rings. The molecule has 0 atom stereocenters. The SMILES string of the molecule is O=C(OCc1ccccc1)c1nc2ccccc2nc1NCc1ccc(F)cc1. The third-order valence-electron chi connectivity index (χ3n) is 4.35. The molecule has 1 N–H and O–H groups in total. The number of halogens is 1. The Labute approximate surface area is 167 Å². The first-order valence-electron chi connectivity index (χ1n) is 9.15. The van der Waals surface area contributed by atoms with Crippen molar-refractivity contribution in [3.63, 3.8) is 0 Å². The van der Waals surface area contributed by atoms with Crippen LogP contribution >= 0.6 is 0 Å². The standard InChI is InChI=1S/C23H18FN3O2/c24-18-12-10-16(11-13-18)14-25-22-21(26-19-8-4-5-9-20(19)27-22)23(28)29-15-17-6-2-1-3-7-17/h1-13H,14-15H2,(H,25,27). The highest BCUT2D eigenvalue weighted by atomic mass is 19.1. The fourth-order valence-corrected chi connectivity index (χ4v) is 2.85. The zero-order chi connectivity index (χ0) is 20.1. The number of rotatable bonds is 6. The second-order valence-corrected chi connectivity index (χ2v) is 6.45. The second kappa shape index (κ2) is 8.48. The molecule has 0 bridgehead atoms. The molecule has 4 rings (SSSR count). The van der Waals surface area contributed by atoms with Gasteiger partial charge in [0.05, 0.1) is 11.0 Å². The summed E-state index contributed by atoms with van der Waals surface area (Å²) in [6.07, 6.45) is 0. The molecule has 3 aromatic carbocycles. The van der Waals surface area contributed by atoms with Crippen molar-refractivity contribution >= 4 is 22.8 Å². The Balaban J connectivity index is 1.58. The van der Waals surface area contributed by atoms with Crippen LogP contribution in [0.4, 0.5) is 10.2 Å². The minimum Gasteiger partial charge on any atom is -0.456 e. The quantitative estimate of drug-likeness (QED) is 0.484. The lowest BCUT2D eigenvalue weighted by atomic mass is 10.2. The number of hydrogen-bond donors (Lipinski definition) is 1. The first kappa shape index (κ1) is 18.6. The molecule has 0 aliphatic carbocycles. The lowest BCUT2D eigenvalue weighted by Gasteiger charge is -2.12. The van der Waals surface area contributed by atoms with Gasteiger partial charge in [-0.3, -0.25) is 0 Å². The van der Waals surface area contributed by atoms with Gasteiger partial charge in [0, 0.05) is 6.54 Å². The van der Waals surface area contributed by atoms with E-state index in [2.05, 4.69) is 15.3 Å². The van der Waals surface area contributed by atoms with E-state index in [0.717, 1.165) is 11.1 Å². The number of fused-ring (bicyclic) bond motifs is 1. The normalized spacial score (nSPS) is 10.7. The van der Waals surface area contributed by atoms with E-state index >= 15 is 0 Å². The van der Waals surface area contributed by atoms with Gasteiger partial charge in [0.2, 0.25) is 0 Å². The molecule has 0 saturated carbocycles. The summed E-state index contributed by atoms with van der Waals surface area (Å²) in [5.74, 6) is -0.538. The highest BCUT2D eigenvalue weighted by Gasteiger charge is 2.18. The van der Waals surface area contributed by atoms with Crippen LogP contribution < -0.4 is 5.32 Å². The fraction of sp³-hybridized carbons (Fsp3) is 0.0870. The number of aromatic nitrogens is 2. The summed E-state index contributed by atoms with van der Waals surface area (Å²) in [6.45, 7) is 0.512. The predicted octanol–water partition coefficient (Wildman–Crippen LogP) is 4.74. The summed E-state index contributed by atoms with van der Waals surface area (Å²) in [4.78, 5) is 21.7.